The summed E-state index contributed by atoms with van der Waals surface area (Å²) in [5, 5.41) is 8.82. The highest BCUT2D eigenvalue weighted by atomic mass is 16.5. The Bertz CT molecular complexity index is 338. The van der Waals surface area contributed by atoms with E-state index in [1.54, 1.807) is 24.3 Å². The summed E-state index contributed by atoms with van der Waals surface area (Å²) < 4.78 is 5.39. The molecule has 0 heterocycles. The zero-order valence-corrected chi connectivity index (χ0v) is 8.64. The van der Waals surface area contributed by atoms with E-state index in [9.17, 15) is 4.79 Å². The average molecular weight is 209 g/mol. The van der Waals surface area contributed by atoms with Crippen LogP contribution in [0.15, 0.2) is 24.3 Å². The van der Waals surface area contributed by atoms with E-state index in [4.69, 9.17) is 15.6 Å². The molecule has 1 aromatic rings. The normalized spacial score (nSPS) is 12.1. The largest absolute Gasteiger partial charge is 0.492 e. The van der Waals surface area contributed by atoms with Crippen LogP contribution in [0.3, 0.4) is 0 Å². The second kappa shape index (κ2) is 5.36. The summed E-state index contributed by atoms with van der Waals surface area (Å²) in [4.78, 5) is 11.0. The lowest BCUT2D eigenvalue weighted by molar-refractivity contribution is 0.0994. The maximum Gasteiger partial charge on any atom is 0.252 e. The molecule has 0 aliphatic rings. The molecule has 0 aromatic heterocycles. The highest BCUT2D eigenvalue weighted by molar-refractivity contribution is 5.95. The molecule has 0 radical (unpaired) electrons. The van der Waals surface area contributed by atoms with Gasteiger partial charge in [0.2, 0.25) is 0 Å². The molecule has 0 fully saturated rings. The number of aliphatic hydroxyl groups is 1. The van der Waals surface area contributed by atoms with Crippen molar-refractivity contribution < 1.29 is 14.6 Å². The monoisotopic (exact) mass is 209 g/mol. The maximum atomic E-state index is 11.0. The van der Waals surface area contributed by atoms with Crippen molar-refractivity contribution in [1.29, 1.82) is 0 Å². The summed E-state index contributed by atoms with van der Waals surface area (Å²) in [6.07, 6.45) is 0. The minimum Gasteiger partial charge on any atom is -0.492 e. The number of aliphatic hydroxyl groups excluding tert-OH is 1. The molecule has 0 aliphatic carbocycles. The van der Waals surface area contributed by atoms with Crippen LogP contribution in [0.2, 0.25) is 0 Å². The number of carbonyl (C=O) groups is 1. The molecule has 1 atom stereocenters. The van der Waals surface area contributed by atoms with Gasteiger partial charge in [-0.1, -0.05) is 19.1 Å². The van der Waals surface area contributed by atoms with E-state index in [2.05, 4.69) is 0 Å². The average Bonchev–Trinajstić information content (AvgIpc) is 2.26. The van der Waals surface area contributed by atoms with Crippen molar-refractivity contribution in [3.05, 3.63) is 29.8 Å². The molecule has 1 aromatic carbocycles. The predicted octanol–water partition coefficient (Wildman–Crippen LogP) is 0.793. The fraction of sp³-hybridized carbons (Fsp3) is 0.364. The van der Waals surface area contributed by atoms with Crippen molar-refractivity contribution in [3.63, 3.8) is 0 Å². The minimum absolute atomic E-state index is 0.0333. The second-order valence-electron chi connectivity index (χ2n) is 3.46. The number of amides is 1. The summed E-state index contributed by atoms with van der Waals surface area (Å²) >= 11 is 0. The Morgan fingerprint density at radius 2 is 2.20 bits per heavy atom. The number of primary amides is 1. The summed E-state index contributed by atoms with van der Waals surface area (Å²) in [5.41, 5.74) is 5.55. The fourth-order valence-electron chi connectivity index (χ4n) is 1.08. The van der Waals surface area contributed by atoms with Crippen LogP contribution in [0.5, 0.6) is 5.75 Å². The molecule has 15 heavy (non-hydrogen) atoms. The molecule has 1 amide bonds. The minimum atomic E-state index is -0.512. The maximum absolute atomic E-state index is 11.0. The summed E-state index contributed by atoms with van der Waals surface area (Å²) in [5.74, 6) is -0.0153. The molecule has 0 saturated carbocycles. The van der Waals surface area contributed by atoms with Crippen LogP contribution in [0, 0.1) is 5.92 Å². The molecule has 1 rings (SSSR count). The number of para-hydroxylation sites is 1. The molecule has 0 saturated heterocycles. The number of rotatable bonds is 5. The third-order valence-electron chi connectivity index (χ3n) is 1.99. The van der Waals surface area contributed by atoms with Gasteiger partial charge in [-0.3, -0.25) is 4.79 Å². The topological polar surface area (TPSA) is 72.6 Å². The van der Waals surface area contributed by atoms with E-state index in [0.29, 0.717) is 17.9 Å². The lowest BCUT2D eigenvalue weighted by Crippen LogP contribution is -2.16. The molecular weight excluding hydrogens is 194 g/mol. The van der Waals surface area contributed by atoms with Gasteiger partial charge >= 0.3 is 0 Å². The van der Waals surface area contributed by atoms with E-state index in [1.807, 2.05) is 6.92 Å². The van der Waals surface area contributed by atoms with Gasteiger partial charge in [0, 0.05) is 12.5 Å². The van der Waals surface area contributed by atoms with Crippen LogP contribution < -0.4 is 10.5 Å². The Morgan fingerprint density at radius 3 is 2.80 bits per heavy atom. The highest BCUT2D eigenvalue weighted by Crippen LogP contribution is 2.17. The molecule has 4 nitrogen and oxygen atoms in total. The Hall–Kier alpha value is -1.55. The van der Waals surface area contributed by atoms with Crippen molar-refractivity contribution in [1.82, 2.24) is 0 Å². The molecule has 1 unspecified atom stereocenters. The third kappa shape index (κ3) is 3.25. The zero-order valence-electron chi connectivity index (χ0n) is 8.64. The van der Waals surface area contributed by atoms with Gasteiger partial charge in [-0.15, -0.1) is 0 Å². The van der Waals surface area contributed by atoms with E-state index >= 15 is 0 Å². The summed E-state index contributed by atoms with van der Waals surface area (Å²) in [7, 11) is 0. The number of hydrogen-bond acceptors (Lipinski definition) is 3. The van der Waals surface area contributed by atoms with Crippen molar-refractivity contribution >= 4 is 5.91 Å². The van der Waals surface area contributed by atoms with Crippen LogP contribution in [0.4, 0.5) is 0 Å². The van der Waals surface area contributed by atoms with Crippen molar-refractivity contribution in [2.75, 3.05) is 13.2 Å². The van der Waals surface area contributed by atoms with Gasteiger partial charge in [0.05, 0.1) is 12.2 Å². The molecule has 82 valence electrons. The highest BCUT2D eigenvalue weighted by Gasteiger charge is 2.09. The first-order valence-corrected chi connectivity index (χ1v) is 4.77. The lowest BCUT2D eigenvalue weighted by Gasteiger charge is -2.12. The first-order valence-electron chi connectivity index (χ1n) is 4.77. The third-order valence-corrected chi connectivity index (χ3v) is 1.99. The van der Waals surface area contributed by atoms with Gasteiger partial charge in [-0.05, 0) is 12.1 Å². The predicted molar refractivity (Wildman–Crippen MR) is 56.7 cm³/mol. The first kappa shape index (κ1) is 11.5. The van der Waals surface area contributed by atoms with Gasteiger partial charge < -0.3 is 15.6 Å². The number of nitrogens with two attached hydrogens (primary N) is 1. The van der Waals surface area contributed by atoms with Gasteiger partial charge in [-0.2, -0.15) is 0 Å². The Morgan fingerprint density at radius 1 is 1.53 bits per heavy atom. The number of hydrogen-bond donors (Lipinski definition) is 2. The number of ether oxygens (including phenoxy) is 1. The van der Waals surface area contributed by atoms with Crippen LogP contribution in [-0.4, -0.2) is 24.2 Å². The van der Waals surface area contributed by atoms with E-state index in [0.717, 1.165) is 0 Å². The van der Waals surface area contributed by atoms with Crippen molar-refractivity contribution in [2.24, 2.45) is 11.7 Å². The molecule has 0 aliphatic heterocycles. The standard InChI is InChI=1S/C11H15NO3/c1-8(6-13)7-15-10-5-3-2-4-9(10)11(12)14/h2-5,8,13H,6-7H2,1H3,(H2,12,14). The summed E-state index contributed by atoms with van der Waals surface area (Å²) in [6, 6.07) is 6.79. The van der Waals surface area contributed by atoms with Crippen molar-refractivity contribution in [3.8, 4) is 5.75 Å². The Balaban J connectivity index is 2.72. The van der Waals surface area contributed by atoms with Gasteiger partial charge in [0.25, 0.3) is 5.91 Å². The van der Waals surface area contributed by atoms with Crippen LogP contribution in [-0.2, 0) is 0 Å². The van der Waals surface area contributed by atoms with Crippen LogP contribution >= 0.6 is 0 Å². The molecule has 0 spiro atoms. The van der Waals surface area contributed by atoms with E-state index < -0.39 is 5.91 Å². The smallest absolute Gasteiger partial charge is 0.252 e. The first-order chi connectivity index (χ1) is 7.15. The Labute approximate surface area is 88.7 Å². The zero-order chi connectivity index (χ0) is 11.3. The molecule has 4 heteroatoms. The molecule has 3 N–H and O–H groups in total. The van der Waals surface area contributed by atoms with Gasteiger partial charge in [-0.25, -0.2) is 0 Å². The Kier molecular flexibility index (Phi) is 4.12. The number of carbonyl (C=O) groups excluding carboxylic acids is 1. The number of benzene rings is 1. The summed E-state index contributed by atoms with van der Waals surface area (Å²) in [6.45, 7) is 2.27. The van der Waals surface area contributed by atoms with Gasteiger partial charge in [0.15, 0.2) is 0 Å². The second-order valence-corrected chi connectivity index (χ2v) is 3.46. The van der Waals surface area contributed by atoms with E-state index in [-0.39, 0.29) is 12.5 Å². The van der Waals surface area contributed by atoms with Crippen molar-refractivity contribution in [2.45, 2.75) is 6.92 Å². The molecular formula is C11H15NO3. The lowest BCUT2D eigenvalue weighted by atomic mass is 10.2. The van der Waals surface area contributed by atoms with E-state index in [1.165, 1.54) is 0 Å². The fourth-order valence-corrected chi connectivity index (χ4v) is 1.08. The van der Waals surface area contributed by atoms with Crippen LogP contribution in [0.1, 0.15) is 17.3 Å². The SMILES string of the molecule is CC(CO)COc1ccccc1C(N)=O. The quantitative estimate of drug-likeness (QED) is 0.753. The van der Waals surface area contributed by atoms with Crippen LogP contribution in [0.25, 0.3) is 0 Å². The molecule has 0 bridgehead atoms. The van der Waals surface area contributed by atoms with Gasteiger partial charge in [0.1, 0.15) is 5.75 Å².